The highest BCUT2D eigenvalue weighted by Crippen LogP contribution is 2.36. The zero-order valence-electron chi connectivity index (χ0n) is 20.3. The Bertz CT molecular complexity index is 1100. The number of esters is 1. The normalized spacial score (nSPS) is 12.8. The van der Waals surface area contributed by atoms with Crippen LogP contribution in [0.3, 0.4) is 0 Å². The second-order valence-electron chi connectivity index (χ2n) is 8.18. The molecule has 184 valence electrons. The predicted octanol–water partition coefficient (Wildman–Crippen LogP) is 6.53. The number of carbonyl (C=O) groups excluding carboxylic acids is 1. The minimum atomic E-state index is -0.781. The lowest BCUT2D eigenvalue weighted by molar-refractivity contribution is -0.151. The first-order valence-corrected chi connectivity index (χ1v) is 12.2. The van der Waals surface area contributed by atoms with Gasteiger partial charge in [-0.25, -0.2) is 4.79 Å². The van der Waals surface area contributed by atoms with Gasteiger partial charge >= 0.3 is 5.97 Å². The molecule has 0 aromatic heterocycles. The summed E-state index contributed by atoms with van der Waals surface area (Å²) in [6.07, 6.45) is 3.64. The Morgan fingerprint density at radius 1 is 0.914 bits per heavy atom. The van der Waals surface area contributed by atoms with Crippen molar-refractivity contribution in [2.75, 3.05) is 14.2 Å². The van der Waals surface area contributed by atoms with E-state index in [1.54, 1.807) is 13.2 Å². The van der Waals surface area contributed by atoms with E-state index in [0.717, 1.165) is 21.2 Å². The molecule has 0 amide bonds. The number of ether oxygens (including phenoxy) is 4. The topological polar surface area (TPSA) is 54.0 Å². The van der Waals surface area contributed by atoms with Crippen LogP contribution < -0.4 is 9.47 Å². The first-order chi connectivity index (χ1) is 17.0. The zero-order chi connectivity index (χ0) is 25.0. The third-order valence-corrected chi connectivity index (χ3v) is 5.86. The van der Waals surface area contributed by atoms with Gasteiger partial charge < -0.3 is 18.9 Å². The van der Waals surface area contributed by atoms with E-state index in [0.29, 0.717) is 31.1 Å². The molecule has 6 heteroatoms. The minimum Gasteiger partial charge on any atom is -0.493 e. The molecule has 3 aromatic carbocycles. The highest BCUT2D eigenvalue weighted by atomic mass is 79.9. The monoisotopic (exact) mass is 538 g/mol. The summed E-state index contributed by atoms with van der Waals surface area (Å²) >= 11 is 3.59. The van der Waals surface area contributed by atoms with Crippen LogP contribution in [0.4, 0.5) is 0 Å². The van der Waals surface area contributed by atoms with E-state index in [9.17, 15) is 4.79 Å². The number of allylic oxidation sites excluding steroid dienone is 1. The SMILES string of the molecule is COC(=O)[C@H](/C=C/[C@H](C)Cc1cc(Br)cc(OCc2ccccc2)c1OC)OCc1ccccc1. The average molecular weight is 539 g/mol. The van der Waals surface area contributed by atoms with E-state index >= 15 is 0 Å². The van der Waals surface area contributed by atoms with Crippen molar-refractivity contribution in [3.63, 3.8) is 0 Å². The zero-order valence-corrected chi connectivity index (χ0v) is 21.9. The maximum Gasteiger partial charge on any atom is 0.339 e. The number of methoxy groups -OCH3 is 2. The fraction of sp³-hybridized carbons (Fsp3) is 0.276. The van der Waals surface area contributed by atoms with Gasteiger partial charge in [-0.3, -0.25) is 0 Å². The van der Waals surface area contributed by atoms with Crippen molar-refractivity contribution in [1.82, 2.24) is 0 Å². The first kappa shape index (κ1) is 26.5. The molecule has 0 aliphatic rings. The Balaban J connectivity index is 1.69. The smallest absolute Gasteiger partial charge is 0.339 e. The van der Waals surface area contributed by atoms with Crippen LogP contribution in [-0.4, -0.2) is 26.3 Å². The molecule has 0 bridgehead atoms. The lowest BCUT2D eigenvalue weighted by Crippen LogP contribution is -2.23. The Labute approximate surface area is 215 Å². The molecule has 0 spiro atoms. The van der Waals surface area contributed by atoms with Crippen molar-refractivity contribution in [3.8, 4) is 11.5 Å². The molecule has 0 fully saturated rings. The maximum atomic E-state index is 12.2. The lowest BCUT2D eigenvalue weighted by Gasteiger charge is -2.17. The van der Waals surface area contributed by atoms with Crippen molar-refractivity contribution in [2.45, 2.75) is 32.7 Å². The van der Waals surface area contributed by atoms with Crippen LogP contribution in [-0.2, 0) is 33.9 Å². The van der Waals surface area contributed by atoms with E-state index in [2.05, 4.69) is 22.9 Å². The molecule has 3 aromatic rings. The highest BCUT2D eigenvalue weighted by Gasteiger charge is 2.18. The van der Waals surface area contributed by atoms with Crippen LogP contribution in [0.15, 0.2) is 89.4 Å². The first-order valence-electron chi connectivity index (χ1n) is 11.4. The number of rotatable bonds is 12. The van der Waals surface area contributed by atoms with Gasteiger partial charge in [-0.15, -0.1) is 0 Å². The van der Waals surface area contributed by atoms with E-state index in [1.165, 1.54) is 7.11 Å². The van der Waals surface area contributed by atoms with Gasteiger partial charge in [0.05, 0.1) is 20.8 Å². The summed E-state index contributed by atoms with van der Waals surface area (Å²) in [5.74, 6) is 1.05. The number of halogens is 1. The van der Waals surface area contributed by atoms with Gasteiger partial charge in [0.2, 0.25) is 0 Å². The van der Waals surface area contributed by atoms with Gasteiger partial charge in [0.25, 0.3) is 0 Å². The molecule has 0 heterocycles. The van der Waals surface area contributed by atoms with Crippen molar-refractivity contribution < 1.29 is 23.7 Å². The molecule has 0 radical (unpaired) electrons. The summed E-state index contributed by atoms with van der Waals surface area (Å²) in [7, 11) is 3.01. The number of hydrogen-bond donors (Lipinski definition) is 0. The van der Waals surface area contributed by atoms with Crippen LogP contribution in [0.2, 0.25) is 0 Å². The summed E-state index contributed by atoms with van der Waals surface area (Å²) in [6, 6.07) is 23.7. The summed E-state index contributed by atoms with van der Waals surface area (Å²) in [5, 5.41) is 0. The van der Waals surface area contributed by atoms with Crippen LogP contribution in [0.25, 0.3) is 0 Å². The molecule has 35 heavy (non-hydrogen) atoms. The largest absolute Gasteiger partial charge is 0.493 e. The summed E-state index contributed by atoms with van der Waals surface area (Å²) in [5.41, 5.74) is 3.07. The van der Waals surface area contributed by atoms with Gasteiger partial charge in [0.1, 0.15) is 6.61 Å². The third-order valence-electron chi connectivity index (χ3n) is 5.40. The quantitative estimate of drug-likeness (QED) is 0.194. The highest BCUT2D eigenvalue weighted by molar-refractivity contribution is 9.10. The number of benzene rings is 3. The lowest BCUT2D eigenvalue weighted by atomic mass is 9.99. The summed E-state index contributed by atoms with van der Waals surface area (Å²) in [4.78, 5) is 12.2. The van der Waals surface area contributed by atoms with E-state index in [4.69, 9.17) is 18.9 Å². The van der Waals surface area contributed by atoms with Gasteiger partial charge in [-0.2, -0.15) is 0 Å². The Morgan fingerprint density at radius 3 is 2.14 bits per heavy atom. The fourth-order valence-corrected chi connectivity index (χ4v) is 4.12. The second kappa shape index (κ2) is 13.7. The molecular weight excluding hydrogens is 508 g/mol. The van der Waals surface area contributed by atoms with Crippen molar-refractivity contribution in [3.05, 3.63) is 106 Å². The molecule has 2 atom stereocenters. The van der Waals surface area contributed by atoms with E-state index in [-0.39, 0.29) is 5.92 Å². The maximum absolute atomic E-state index is 12.2. The van der Waals surface area contributed by atoms with Gasteiger partial charge in [0.15, 0.2) is 17.6 Å². The minimum absolute atomic E-state index is 0.104. The van der Waals surface area contributed by atoms with E-state index in [1.807, 2.05) is 78.9 Å². The predicted molar refractivity (Wildman–Crippen MR) is 141 cm³/mol. The standard InChI is InChI=1S/C29H31BrO5/c1-21(14-15-26(29(31)33-3)34-19-22-10-6-4-7-11-22)16-24-17-25(30)18-27(28(24)32-2)35-20-23-12-8-5-9-13-23/h4-15,17-18,21,26H,16,19-20H2,1-3H3/b15-14+/t21-,26-/m0/s1. The summed E-state index contributed by atoms with van der Waals surface area (Å²) in [6.45, 7) is 2.84. The second-order valence-corrected chi connectivity index (χ2v) is 9.09. The number of hydrogen-bond acceptors (Lipinski definition) is 5. The average Bonchev–Trinajstić information content (AvgIpc) is 2.88. The molecular formula is C29H31BrO5. The van der Waals surface area contributed by atoms with Gasteiger partial charge in [-0.1, -0.05) is 89.6 Å². The fourth-order valence-electron chi connectivity index (χ4n) is 3.63. The van der Waals surface area contributed by atoms with Crippen LogP contribution in [0.1, 0.15) is 23.6 Å². The molecule has 0 aliphatic heterocycles. The molecule has 0 saturated carbocycles. The van der Waals surface area contributed by atoms with Gasteiger partial charge in [-0.05, 0) is 47.2 Å². The van der Waals surface area contributed by atoms with Gasteiger partial charge in [0, 0.05) is 4.47 Å². The van der Waals surface area contributed by atoms with Crippen LogP contribution in [0.5, 0.6) is 11.5 Å². The van der Waals surface area contributed by atoms with Crippen molar-refractivity contribution >= 4 is 21.9 Å². The third kappa shape index (κ3) is 8.26. The molecule has 5 nitrogen and oxygen atoms in total. The molecule has 0 saturated heterocycles. The molecule has 0 aliphatic carbocycles. The van der Waals surface area contributed by atoms with Crippen LogP contribution >= 0.6 is 15.9 Å². The van der Waals surface area contributed by atoms with E-state index < -0.39 is 12.1 Å². The van der Waals surface area contributed by atoms with Crippen molar-refractivity contribution in [1.29, 1.82) is 0 Å². The Hall–Kier alpha value is -3.09. The molecule has 3 rings (SSSR count). The van der Waals surface area contributed by atoms with Crippen molar-refractivity contribution in [2.24, 2.45) is 5.92 Å². The van der Waals surface area contributed by atoms with Crippen LogP contribution in [0, 0.1) is 5.92 Å². The Morgan fingerprint density at radius 2 is 1.54 bits per heavy atom. The number of carbonyl (C=O) groups is 1. The summed E-state index contributed by atoms with van der Waals surface area (Å²) < 4.78 is 23.5. The molecule has 0 unspecified atom stereocenters. The Kier molecular flexibility index (Phi) is 10.4. The molecule has 0 N–H and O–H groups in total.